The summed E-state index contributed by atoms with van der Waals surface area (Å²) in [5, 5.41) is 3.67. The van der Waals surface area contributed by atoms with E-state index in [1.54, 1.807) is 0 Å². The lowest BCUT2D eigenvalue weighted by Crippen LogP contribution is -2.37. The topological polar surface area (TPSA) is 45.2 Å². The Morgan fingerprint density at radius 1 is 1.24 bits per heavy atom. The summed E-state index contributed by atoms with van der Waals surface area (Å²) in [5.41, 5.74) is 2.13. The molecule has 2 heterocycles. The molecule has 1 N–H and O–H groups in total. The number of amides is 1. The van der Waals surface area contributed by atoms with Gasteiger partial charge in [-0.25, -0.2) is 0 Å². The molecule has 4 nitrogen and oxygen atoms in total. The minimum Gasteiger partial charge on any atom is -0.352 e. The first-order chi connectivity index (χ1) is 12.2. The zero-order valence-corrected chi connectivity index (χ0v) is 15.1. The van der Waals surface area contributed by atoms with Gasteiger partial charge in [-0.1, -0.05) is 36.2 Å². The summed E-state index contributed by atoms with van der Waals surface area (Å²) in [7, 11) is 0. The Balaban J connectivity index is 1.50. The van der Waals surface area contributed by atoms with Crippen molar-refractivity contribution in [3.63, 3.8) is 0 Å². The first-order valence-electron chi connectivity index (χ1n) is 8.88. The van der Waals surface area contributed by atoms with Crippen LogP contribution in [0.5, 0.6) is 0 Å². The summed E-state index contributed by atoms with van der Waals surface area (Å²) in [5.74, 6) is 0.0744. The van der Waals surface area contributed by atoms with Crippen molar-refractivity contribution >= 4 is 17.5 Å². The van der Waals surface area contributed by atoms with Gasteiger partial charge in [0, 0.05) is 30.7 Å². The quantitative estimate of drug-likeness (QED) is 0.850. The molecule has 1 amide bonds. The van der Waals surface area contributed by atoms with Gasteiger partial charge >= 0.3 is 0 Å². The number of pyridine rings is 1. The highest BCUT2D eigenvalue weighted by Gasteiger charge is 2.24. The average molecular weight is 358 g/mol. The number of nitrogens with zero attached hydrogens (tertiary/aromatic N) is 2. The van der Waals surface area contributed by atoms with E-state index in [4.69, 9.17) is 11.6 Å². The number of nitrogens with one attached hydrogen (secondary N) is 1. The largest absolute Gasteiger partial charge is 0.352 e. The third-order valence-corrected chi connectivity index (χ3v) is 4.88. The van der Waals surface area contributed by atoms with Crippen LogP contribution >= 0.6 is 11.6 Å². The summed E-state index contributed by atoms with van der Waals surface area (Å²) >= 11 is 5.97. The zero-order chi connectivity index (χ0) is 17.5. The lowest BCUT2D eigenvalue weighted by Gasteiger charge is -2.35. The number of hydrogen-bond acceptors (Lipinski definition) is 3. The standard InChI is InChI=1S/C20H24ClN3O/c21-17-7-5-6-16(14-17)15-23-20(25)10-13-24-12-4-2-9-19(24)18-8-1-3-11-22-18/h1,3,5-8,11,14,19H,2,4,9-10,12-13,15H2,(H,23,25). The molecule has 0 radical (unpaired) electrons. The highest BCUT2D eigenvalue weighted by molar-refractivity contribution is 6.30. The van der Waals surface area contributed by atoms with Gasteiger partial charge in [0.15, 0.2) is 0 Å². The molecule has 1 unspecified atom stereocenters. The minimum absolute atomic E-state index is 0.0744. The third-order valence-electron chi connectivity index (χ3n) is 4.65. The van der Waals surface area contributed by atoms with E-state index in [0.29, 0.717) is 24.0 Å². The maximum atomic E-state index is 12.2. The zero-order valence-electron chi connectivity index (χ0n) is 14.3. The number of carbonyl (C=O) groups is 1. The van der Waals surface area contributed by atoms with Gasteiger partial charge in [-0.3, -0.25) is 14.7 Å². The van der Waals surface area contributed by atoms with Gasteiger partial charge < -0.3 is 5.32 Å². The molecule has 0 saturated carbocycles. The van der Waals surface area contributed by atoms with Crippen molar-refractivity contribution in [3.8, 4) is 0 Å². The predicted molar refractivity (Wildman–Crippen MR) is 100 cm³/mol. The van der Waals surface area contributed by atoms with Gasteiger partial charge in [-0.05, 0) is 49.2 Å². The van der Waals surface area contributed by atoms with Crippen LogP contribution in [0, 0.1) is 0 Å². The van der Waals surface area contributed by atoms with E-state index >= 15 is 0 Å². The van der Waals surface area contributed by atoms with Crippen molar-refractivity contribution in [1.82, 2.24) is 15.2 Å². The number of carbonyl (C=O) groups excluding carboxylic acids is 1. The van der Waals surface area contributed by atoms with Gasteiger partial charge in [0.05, 0.1) is 11.7 Å². The number of piperidine rings is 1. The van der Waals surface area contributed by atoms with Gasteiger partial charge in [-0.2, -0.15) is 0 Å². The number of hydrogen-bond donors (Lipinski definition) is 1. The monoisotopic (exact) mass is 357 g/mol. The Hall–Kier alpha value is -1.91. The molecule has 0 bridgehead atoms. The molecule has 132 valence electrons. The highest BCUT2D eigenvalue weighted by atomic mass is 35.5. The Labute approximate surface area is 154 Å². The smallest absolute Gasteiger partial charge is 0.221 e. The van der Waals surface area contributed by atoms with Crippen molar-refractivity contribution in [3.05, 3.63) is 64.9 Å². The second-order valence-corrected chi connectivity index (χ2v) is 6.90. The van der Waals surface area contributed by atoms with Gasteiger partial charge in [0.1, 0.15) is 0 Å². The molecule has 1 atom stereocenters. The van der Waals surface area contributed by atoms with Crippen LogP contribution in [0.2, 0.25) is 5.02 Å². The van der Waals surface area contributed by atoms with Crippen LogP contribution in [-0.4, -0.2) is 28.9 Å². The lowest BCUT2D eigenvalue weighted by atomic mass is 9.98. The summed E-state index contributed by atoms with van der Waals surface area (Å²) < 4.78 is 0. The first kappa shape index (κ1) is 17.9. The van der Waals surface area contributed by atoms with E-state index in [9.17, 15) is 4.79 Å². The summed E-state index contributed by atoms with van der Waals surface area (Å²) in [4.78, 5) is 19.1. The molecule has 3 rings (SSSR count). The third kappa shape index (κ3) is 5.28. The van der Waals surface area contributed by atoms with E-state index in [-0.39, 0.29) is 5.91 Å². The normalized spacial score (nSPS) is 18.0. The molecule has 1 aromatic heterocycles. The predicted octanol–water partition coefficient (Wildman–Crippen LogP) is 3.97. The molecule has 1 aliphatic rings. The van der Waals surface area contributed by atoms with Crippen LogP contribution in [-0.2, 0) is 11.3 Å². The lowest BCUT2D eigenvalue weighted by molar-refractivity contribution is -0.121. The van der Waals surface area contributed by atoms with Crippen LogP contribution in [0.15, 0.2) is 48.7 Å². The van der Waals surface area contributed by atoms with E-state index in [1.165, 1.54) is 12.8 Å². The molecule has 1 saturated heterocycles. The molecule has 1 fully saturated rings. The Bertz CT molecular complexity index is 692. The van der Waals surface area contributed by atoms with E-state index in [0.717, 1.165) is 30.8 Å². The van der Waals surface area contributed by atoms with E-state index in [1.807, 2.05) is 42.6 Å². The summed E-state index contributed by atoms with van der Waals surface area (Å²) in [6.07, 6.45) is 5.87. The maximum Gasteiger partial charge on any atom is 0.221 e. The number of likely N-dealkylation sites (tertiary alicyclic amines) is 1. The van der Waals surface area contributed by atoms with Crippen molar-refractivity contribution in [2.24, 2.45) is 0 Å². The summed E-state index contributed by atoms with van der Waals surface area (Å²) in [6.45, 7) is 2.31. The molecule has 5 heteroatoms. The molecule has 1 aromatic carbocycles. The molecule has 1 aliphatic heterocycles. The summed E-state index contributed by atoms with van der Waals surface area (Å²) in [6, 6.07) is 14.0. The Morgan fingerprint density at radius 3 is 2.96 bits per heavy atom. The van der Waals surface area contributed by atoms with E-state index < -0.39 is 0 Å². The van der Waals surface area contributed by atoms with Crippen LogP contribution in [0.1, 0.15) is 43.0 Å². The van der Waals surface area contributed by atoms with Crippen LogP contribution in [0.4, 0.5) is 0 Å². The average Bonchev–Trinajstić information content (AvgIpc) is 2.66. The van der Waals surface area contributed by atoms with E-state index in [2.05, 4.69) is 21.3 Å². The number of benzene rings is 1. The van der Waals surface area contributed by atoms with Gasteiger partial charge in [-0.15, -0.1) is 0 Å². The van der Waals surface area contributed by atoms with Crippen molar-refractivity contribution in [2.75, 3.05) is 13.1 Å². The number of rotatable bonds is 6. The number of halogens is 1. The first-order valence-corrected chi connectivity index (χ1v) is 9.26. The maximum absolute atomic E-state index is 12.2. The van der Waals surface area contributed by atoms with Crippen LogP contribution < -0.4 is 5.32 Å². The second-order valence-electron chi connectivity index (χ2n) is 6.46. The Morgan fingerprint density at radius 2 is 2.16 bits per heavy atom. The Kier molecular flexibility index (Phi) is 6.42. The fourth-order valence-electron chi connectivity index (χ4n) is 3.35. The van der Waals surface area contributed by atoms with Crippen LogP contribution in [0.25, 0.3) is 0 Å². The van der Waals surface area contributed by atoms with Crippen LogP contribution in [0.3, 0.4) is 0 Å². The highest BCUT2D eigenvalue weighted by Crippen LogP contribution is 2.29. The number of aromatic nitrogens is 1. The molecule has 2 aromatic rings. The minimum atomic E-state index is 0.0744. The molecular weight excluding hydrogens is 334 g/mol. The van der Waals surface area contributed by atoms with Crippen molar-refractivity contribution in [1.29, 1.82) is 0 Å². The molecular formula is C20H24ClN3O. The van der Waals surface area contributed by atoms with Gasteiger partial charge in [0.25, 0.3) is 0 Å². The molecule has 25 heavy (non-hydrogen) atoms. The van der Waals surface area contributed by atoms with Crippen molar-refractivity contribution in [2.45, 2.75) is 38.3 Å². The molecule has 0 spiro atoms. The SMILES string of the molecule is O=C(CCN1CCCCC1c1ccccn1)NCc1cccc(Cl)c1. The van der Waals surface area contributed by atoms with Crippen molar-refractivity contribution < 1.29 is 4.79 Å². The molecule has 0 aliphatic carbocycles. The fourth-order valence-corrected chi connectivity index (χ4v) is 3.56. The fraction of sp³-hybridized carbons (Fsp3) is 0.400. The van der Waals surface area contributed by atoms with Gasteiger partial charge in [0.2, 0.25) is 5.91 Å². The second kappa shape index (κ2) is 8.97.